The van der Waals surface area contributed by atoms with Crippen LogP contribution in [0.3, 0.4) is 0 Å². The molecule has 3 nitrogen and oxygen atoms in total. The number of methoxy groups -OCH3 is 1. The summed E-state index contributed by atoms with van der Waals surface area (Å²) in [5, 5.41) is 2.87. The molecule has 1 rings (SSSR count). The lowest BCUT2D eigenvalue weighted by atomic mass is 10.1. The van der Waals surface area contributed by atoms with Crippen LogP contribution in [0.15, 0.2) is 22.7 Å². The highest BCUT2D eigenvalue weighted by atomic mass is 79.9. The molecule has 1 atom stereocenters. The summed E-state index contributed by atoms with van der Waals surface area (Å²) in [5.41, 5.74) is 1.97. The van der Waals surface area contributed by atoms with Gasteiger partial charge in [-0.3, -0.25) is 4.79 Å². The summed E-state index contributed by atoms with van der Waals surface area (Å²) in [4.78, 5) is 11.7. The molecule has 0 heterocycles. The van der Waals surface area contributed by atoms with E-state index in [0.717, 1.165) is 15.7 Å². The Morgan fingerprint density at radius 1 is 1.53 bits per heavy atom. The molecule has 1 N–H and O–H groups in total. The first-order chi connectivity index (χ1) is 8.02. The van der Waals surface area contributed by atoms with Crippen molar-refractivity contribution in [2.75, 3.05) is 19.0 Å². The number of benzene rings is 1. The number of nitrogens with one attached hydrogen (secondary N) is 1. The molecule has 0 aliphatic rings. The molecule has 0 saturated carbocycles. The van der Waals surface area contributed by atoms with Gasteiger partial charge in [0, 0.05) is 30.3 Å². The monoisotopic (exact) mass is 299 g/mol. The number of anilines is 1. The molecule has 0 aliphatic carbocycles. The SMILES string of the molecule is COCC(C)CC(=O)Nc1ccc(C)c(Br)c1. The van der Waals surface area contributed by atoms with Crippen LogP contribution in [0.5, 0.6) is 0 Å². The zero-order valence-corrected chi connectivity index (χ0v) is 12.0. The van der Waals surface area contributed by atoms with Crippen molar-refractivity contribution in [1.82, 2.24) is 0 Å². The molecule has 1 unspecified atom stereocenters. The fourth-order valence-corrected chi connectivity index (χ4v) is 1.92. The minimum absolute atomic E-state index is 0.0188. The maximum Gasteiger partial charge on any atom is 0.224 e. The predicted molar refractivity (Wildman–Crippen MR) is 73.2 cm³/mol. The average molecular weight is 300 g/mol. The Balaban J connectivity index is 2.53. The van der Waals surface area contributed by atoms with Gasteiger partial charge in [0.15, 0.2) is 0 Å². The van der Waals surface area contributed by atoms with E-state index < -0.39 is 0 Å². The first-order valence-corrected chi connectivity index (χ1v) is 6.37. The van der Waals surface area contributed by atoms with Gasteiger partial charge in [-0.1, -0.05) is 28.9 Å². The summed E-state index contributed by atoms with van der Waals surface area (Å²) in [7, 11) is 1.64. The minimum atomic E-state index is 0.0188. The van der Waals surface area contributed by atoms with Gasteiger partial charge in [0.1, 0.15) is 0 Å². The Kier molecular flexibility index (Phi) is 5.65. The molecular formula is C13H18BrNO2. The molecule has 1 amide bonds. The lowest BCUT2D eigenvalue weighted by Crippen LogP contribution is -2.17. The van der Waals surface area contributed by atoms with E-state index in [-0.39, 0.29) is 11.8 Å². The van der Waals surface area contributed by atoms with Gasteiger partial charge in [-0.2, -0.15) is 0 Å². The largest absolute Gasteiger partial charge is 0.384 e. The van der Waals surface area contributed by atoms with Crippen molar-refractivity contribution in [2.24, 2.45) is 5.92 Å². The van der Waals surface area contributed by atoms with Crippen LogP contribution in [0, 0.1) is 12.8 Å². The molecule has 0 radical (unpaired) electrons. The third-order valence-electron chi connectivity index (χ3n) is 2.44. The lowest BCUT2D eigenvalue weighted by molar-refractivity contribution is -0.117. The Hall–Kier alpha value is -0.870. The molecule has 94 valence electrons. The first kappa shape index (κ1) is 14.2. The summed E-state index contributed by atoms with van der Waals surface area (Å²) in [6, 6.07) is 5.78. The van der Waals surface area contributed by atoms with Crippen LogP contribution in [0.2, 0.25) is 0 Å². The van der Waals surface area contributed by atoms with Crippen molar-refractivity contribution in [3.05, 3.63) is 28.2 Å². The zero-order valence-electron chi connectivity index (χ0n) is 10.4. The third kappa shape index (κ3) is 4.88. The van der Waals surface area contributed by atoms with Crippen LogP contribution in [-0.4, -0.2) is 19.6 Å². The lowest BCUT2D eigenvalue weighted by Gasteiger charge is -2.11. The summed E-state index contributed by atoms with van der Waals surface area (Å²) < 4.78 is 6.00. The zero-order chi connectivity index (χ0) is 12.8. The number of amides is 1. The highest BCUT2D eigenvalue weighted by Crippen LogP contribution is 2.20. The van der Waals surface area contributed by atoms with Gasteiger partial charge >= 0.3 is 0 Å². The molecular weight excluding hydrogens is 282 g/mol. The van der Waals surface area contributed by atoms with E-state index in [0.29, 0.717) is 13.0 Å². The van der Waals surface area contributed by atoms with Crippen LogP contribution in [0.25, 0.3) is 0 Å². The van der Waals surface area contributed by atoms with Crippen molar-refractivity contribution in [1.29, 1.82) is 0 Å². The molecule has 4 heteroatoms. The molecule has 0 saturated heterocycles. The fourth-order valence-electron chi connectivity index (χ4n) is 1.54. The molecule has 0 spiro atoms. The van der Waals surface area contributed by atoms with Gasteiger partial charge in [0.25, 0.3) is 0 Å². The van der Waals surface area contributed by atoms with E-state index in [1.54, 1.807) is 7.11 Å². The highest BCUT2D eigenvalue weighted by Gasteiger charge is 2.09. The Bertz CT molecular complexity index is 393. The summed E-state index contributed by atoms with van der Waals surface area (Å²) in [6.07, 6.45) is 0.472. The number of hydrogen-bond acceptors (Lipinski definition) is 2. The number of hydrogen-bond donors (Lipinski definition) is 1. The van der Waals surface area contributed by atoms with Crippen molar-refractivity contribution in [2.45, 2.75) is 20.3 Å². The molecule has 17 heavy (non-hydrogen) atoms. The number of aryl methyl sites for hydroxylation is 1. The number of ether oxygens (including phenoxy) is 1. The van der Waals surface area contributed by atoms with Crippen LogP contribution >= 0.6 is 15.9 Å². The Labute approximate surface area is 111 Å². The van der Waals surface area contributed by atoms with Gasteiger partial charge in [-0.25, -0.2) is 0 Å². The number of carbonyl (C=O) groups excluding carboxylic acids is 1. The second kappa shape index (κ2) is 6.77. The van der Waals surface area contributed by atoms with Gasteiger partial charge in [0.05, 0.1) is 0 Å². The van der Waals surface area contributed by atoms with Gasteiger partial charge < -0.3 is 10.1 Å². The van der Waals surface area contributed by atoms with E-state index in [4.69, 9.17) is 4.74 Å². The number of rotatable bonds is 5. The van der Waals surface area contributed by atoms with Crippen LogP contribution in [-0.2, 0) is 9.53 Å². The maximum absolute atomic E-state index is 11.7. The Morgan fingerprint density at radius 3 is 2.82 bits per heavy atom. The summed E-state index contributed by atoms with van der Waals surface area (Å²) in [5.74, 6) is 0.249. The standard InChI is InChI=1S/C13H18BrNO2/c1-9(8-17-3)6-13(16)15-11-5-4-10(2)12(14)7-11/h4-5,7,9H,6,8H2,1-3H3,(H,15,16). The van der Waals surface area contributed by atoms with E-state index in [1.807, 2.05) is 32.0 Å². The Morgan fingerprint density at radius 2 is 2.24 bits per heavy atom. The van der Waals surface area contributed by atoms with E-state index in [9.17, 15) is 4.79 Å². The normalized spacial score (nSPS) is 12.2. The minimum Gasteiger partial charge on any atom is -0.384 e. The molecule has 1 aromatic rings. The topological polar surface area (TPSA) is 38.3 Å². The van der Waals surface area contributed by atoms with Crippen LogP contribution in [0.4, 0.5) is 5.69 Å². The van der Waals surface area contributed by atoms with E-state index in [1.165, 1.54) is 0 Å². The van der Waals surface area contributed by atoms with Crippen molar-refractivity contribution in [3.8, 4) is 0 Å². The molecule has 0 aromatic heterocycles. The summed E-state index contributed by atoms with van der Waals surface area (Å²) >= 11 is 3.44. The van der Waals surface area contributed by atoms with E-state index in [2.05, 4.69) is 21.2 Å². The molecule has 0 aliphatic heterocycles. The average Bonchev–Trinajstić information content (AvgIpc) is 2.23. The smallest absolute Gasteiger partial charge is 0.224 e. The molecule has 0 fully saturated rings. The summed E-state index contributed by atoms with van der Waals surface area (Å²) in [6.45, 7) is 4.61. The maximum atomic E-state index is 11.7. The van der Waals surface area contributed by atoms with Crippen LogP contribution in [0.1, 0.15) is 18.9 Å². The number of carbonyl (C=O) groups is 1. The first-order valence-electron chi connectivity index (χ1n) is 5.58. The highest BCUT2D eigenvalue weighted by molar-refractivity contribution is 9.10. The van der Waals surface area contributed by atoms with Gasteiger partial charge in [0.2, 0.25) is 5.91 Å². The second-order valence-corrected chi connectivity index (χ2v) is 5.13. The van der Waals surface area contributed by atoms with Crippen molar-refractivity contribution in [3.63, 3.8) is 0 Å². The fraction of sp³-hybridized carbons (Fsp3) is 0.462. The number of halogens is 1. The predicted octanol–water partition coefficient (Wildman–Crippen LogP) is 3.37. The molecule has 1 aromatic carbocycles. The third-order valence-corrected chi connectivity index (χ3v) is 3.29. The quantitative estimate of drug-likeness (QED) is 0.905. The van der Waals surface area contributed by atoms with Crippen LogP contribution < -0.4 is 5.32 Å². The molecule has 0 bridgehead atoms. The van der Waals surface area contributed by atoms with Crippen molar-refractivity contribution >= 4 is 27.5 Å². The van der Waals surface area contributed by atoms with E-state index >= 15 is 0 Å². The van der Waals surface area contributed by atoms with Crippen molar-refractivity contribution < 1.29 is 9.53 Å². The van der Waals surface area contributed by atoms with Gasteiger partial charge in [-0.15, -0.1) is 0 Å². The second-order valence-electron chi connectivity index (χ2n) is 4.28. The van der Waals surface area contributed by atoms with Gasteiger partial charge in [-0.05, 0) is 30.5 Å².